The molecule has 1 aliphatic rings. The van der Waals surface area contributed by atoms with Crippen LogP contribution >= 0.6 is 12.4 Å². The molecule has 20 heavy (non-hydrogen) atoms. The van der Waals surface area contributed by atoms with E-state index in [2.05, 4.69) is 10.6 Å². The van der Waals surface area contributed by atoms with E-state index >= 15 is 0 Å². The van der Waals surface area contributed by atoms with Crippen molar-refractivity contribution in [3.63, 3.8) is 0 Å². The van der Waals surface area contributed by atoms with Crippen molar-refractivity contribution in [1.82, 2.24) is 10.6 Å². The first-order valence-electron chi connectivity index (χ1n) is 6.62. The van der Waals surface area contributed by atoms with Crippen molar-refractivity contribution in [2.24, 2.45) is 0 Å². The third kappa shape index (κ3) is 4.44. The number of aliphatic hydroxyl groups is 1. The highest BCUT2D eigenvalue weighted by atomic mass is 35.5. The van der Waals surface area contributed by atoms with Crippen LogP contribution in [0, 0.1) is 5.82 Å². The maximum atomic E-state index is 13.4. The number of amides is 1. The average Bonchev–Trinajstić information content (AvgIpc) is 2.46. The Balaban J connectivity index is 0.00000200. The van der Waals surface area contributed by atoms with Gasteiger partial charge in [-0.2, -0.15) is 0 Å². The number of aliphatic hydroxyl groups excluding tert-OH is 1. The highest BCUT2D eigenvalue weighted by molar-refractivity contribution is 5.85. The normalized spacial score (nSPS) is 19.8. The average molecular weight is 303 g/mol. The minimum Gasteiger partial charge on any atom is -0.386 e. The van der Waals surface area contributed by atoms with Gasteiger partial charge in [-0.15, -0.1) is 12.4 Å². The molecule has 0 aromatic heterocycles. The Bertz CT molecular complexity index is 439. The molecule has 0 aliphatic carbocycles. The van der Waals surface area contributed by atoms with Crippen LogP contribution in [0.5, 0.6) is 0 Å². The minimum absolute atomic E-state index is 0. The third-order valence-electron chi connectivity index (χ3n) is 3.36. The van der Waals surface area contributed by atoms with Gasteiger partial charge in [-0.25, -0.2) is 4.39 Å². The Morgan fingerprint density at radius 1 is 1.45 bits per heavy atom. The molecule has 0 radical (unpaired) electrons. The number of halogens is 2. The number of carbonyl (C=O) groups is 1. The molecule has 112 valence electrons. The molecule has 1 amide bonds. The predicted octanol–water partition coefficient (Wildman–Crippen LogP) is 1.54. The number of piperidine rings is 1. The molecule has 0 spiro atoms. The van der Waals surface area contributed by atoms with E-state index in [1.54, 1.807) is 12.1 Å². The van der Waals surface area contributed by atoms with Gasteiger partial charge in [0.25, 0.3) is 0 Å². The number of carbonyl (C=O) groups excluding carboxylic acids is 1. The Morgan fingerprint density at radius 3 is 2.85 bits per heavy atom. The van der Waals surface area contributed by atoms with Crippen LogP contribution in [0.4, 0.5) is 4.39 Å². The van der Waals surface area contributed by atoms with Crippen molar-refractivity contribution in [3.05, 3.63) is 35.6 Å². The number of hydrogen-bond acceptors (Lipinski definition) is 3. The second-order valence-corrected chi connectivity index (χ2v) is 4.78. The SMILES string of the molecule is Cl.O=C(NCC(O)c1ccccc1F)C1CCCCN1. The second kappa shape index (κ2) is 8.19. The van der Waals surface area contributed by atoms with E-state index in [0.29, 0.717) is 0 Å². The lowest BCUT2D eigenvalue weighted by Crippen LogP contribution is -2.47. The van der Waals surface area contributed by atoms with Gasteiger partial charge in [0.1, 0.15) is 5.82 Å². The van der Waals surface area contributed by atoms with Crippen molar-refractivity contribution in [2.75, 3.05) is 13.1 Å². The Labute approximate surface area is 124 Å². The molecule has 3 N–H and O–H groups in total. The fraction of sp³-hybridized carbons (Fsp3) is 0.500. The highest BCUT2D eigenvalue weighted by Crippen LogP contribution is 2.15. The quantitative estimate of drug-likeness (QED) is 0.790. The Hall–Kier alpha value is -1.17. The van der Waals surface area contributed by atoms with Crippen LogP contribution in [0.25, 0.3) is 0 Å². The van der Waals surface area contributed by atoms with E-state index in [1.807, 2.05) is 0 Å². The second-order valence-electron chi connectivity index (χ2n) is 4.78. The molecule has 2 atom stereocenters. The molecule has 2 unspecified atom stereocenters. The number of nitrogens with one attached hydrogen (secondary N) is 2. The largest absolute Gasteiger partial charge is 0.386 e. The van der Waals surface area contributed by atoms with Gasteiger partial charge in [-0.1, -0.05) is 24.6 Å². The summed E-state index contributed by atoms with van der Waals surface area (Å²) < 4.78 is 13.4. The van der Waals surface area contributed by atoms with Gasteiger partial charge in [-0.05, 0) is 25.5 Å². The third-order valence-corrected chi connectivity index (χ3v) is 3.36. The van der Waals surface area contributed by atoms with E-state index in [1.165, 1.54) is 12.1 Å². The summed E-state index contributed by atoms with van der Waals surface area (Å²) in [4.78, 5) is 11.8. The van der Waals surface area contributed by atoms with Gasteiger partial charge in [0, 0.05) is 12.1 Å². The lowest BCUT2D eigenvalue weighted by atomic mass is 10.0. The van der Waals surface area contributed by atoms with Crippen LogP contribution in [-0.2, 0) is 4.79 Å². The van der Waals surface area contributed by atoms with Gasteiger partial charge >= 0.3 is 0 Å². The van der Waals surface area contributed by atoms with Gasteiger partial charge < -0.3 is 15.7 Å². The van der Waals surface area contributed by atoms with Crippen LogP contribution in [0.3, 0.4) is 0 Å². The summed E-state index contributed by atoms with van der Waals surface area (Å²) in [7, 11) is 0. The highest BCUT2D eigenvalue weighted by Gasteiger charge is 2.21. The fourth-order valence-corrected chi connectivity index (χ4v) is 2.25. The lowest BCUT2D eigenvalue weighted by Gasteiger charge is -2.23. The molecule has 0 saturated carbocycles. The fourth-order valence-electron chi connectivity index (χ4n) is 2.25. The Kier molecular flexibility index (Phi) is 6.91. The van der Waals surface area contributed by atoms with Gasteiger partial charge in [0.05, 0.1) is 12.1 Å². The minimum atomic E-state index is -1.02. The maximum Gasteiger partial charge on any atom is 0.237 e. The number of benzene rings is 1. The molecule has 0 bridgehead atoms. The summed E-state index contributed by atoms with van der Waals surface area (Å²) >= 11 is 0. The standard InChI is InChI=1S/C14H19FN2O2.ClH/c15-11-6-2-1-5-10(11)13(18)9-17-14(19)12-7-3-4-8-16-12;/h1-2,5-6,12-13,16,18H,3-4,7-9H2,(H,17,19);1H. The molecule has 1 aliphatic heterocycles. The molecule has 1 aromatic carbocycles. The molecule has 1 saturated heterocycles. The van der Waals surface area contributed by atoms with Crippen LogP contribution in [-0.4, -0.2) is 30.1 Å². The first-order chi connectivity index (χ1) is 9.18. The first kappa shape index (κ1) is 16.9. The van der Waals surface area contributed by atoms with Crippen molar-refractivity contribution in [3.8, 4) is 0 Å². The summed E-state index contributed by atoms with van der Waals surface area (Å²) in [5.74, 6) is -0.588. The summed E-state index contributed by atoms with van der Waals surface area (Å²) in [6, 6.07) is 5.85. The molecule has 6 heteroatoms. The van der Waals surface area contributed by atoms with Crippen LogP contribution < -0.4 is 10.6 Å². The first-order valence-corrected chi connectivity index (χ1v) is 6.62. The van der Waals surface area contributed by atoms with Crippen molar-refractivity contribution < 1.29 is 14.3 Å². The lowest BCUT2D eigenvalue weighted by molar-refractivity contribution is -0.124. The number of hydrogen-bond donors (Lipinski definition) is 3. The summed E-state index contributed by atoms with van der Waals surface area (Å²) in [6.45, 7) is 0.867. The van der Waals surface area contributed by atoms with Gasteiger partial charge in [-0.3, -0.25) is 4.79 Å². The summed E-state index contributed by atoms with van der Waals surface area (Å²) in [5.41, 5.74) is 0.208. The monoisotopic (exact) mass is 302 g/mol. The van der Waals surface area contributed by atoms with E-state index < -0.39 is 11.9 Å². The summed E-state index contributed by atoms with van der Waals surface area (Å²) in [6.07, 6.45) is 1.90. The predicted molar refractivity (Wildman–Crippen MR) is 77.3 cm³/mol. The van der Waals surface area contributed by atoms with Crippen LogP contribution in [0.15, 0.2) is 24.3 Å². The van der Waals surface area contributed by atoms with E-state index in [-0.39, 0.29) is 36.5 Å². The zero-order valence-corrected chi connectivity index (χ0v) is 12.0. The van der Waals surface area contributed by atoms with E-state index in [4.69, 9.17) is 0 Å². The van der Waals surface area contributed by atoms with E-state index in [0.717, 1.165) is 25.8 Å². The van der Waals surface area contributed by atoms with E-state index in [9.17, 15) is 14.3 Å². The smallest absolute Gasteiger partial charge is 0.237 e. The summed E-state index contributed by atoms with van der Waals surface area (Å²) in [5, 5.41) is 15.7. The van der Waals surface area contributed by atoms with Crippen molar-refractivity contribution in [1.29, 1.82) is 0 Å². The topological polar surface area (TPSA) is 61.4 Å². The zero-order valence-electron chi connectivity index (χ0n) is 11.1. The molecule has 4 nitrogen and oxygen atoms in total. The van der Waals surface area contributed by atoms with Gasteiger partial charge in [0.15, 0.2) is 0 Å². The maximum absolute atomic E-state index is 13.4. The Morgan fingerprint density at radius 2 is 2.20 bits per heavy atom. The molecule has 1 fully saturated rings. The molecular weight excluding hydrogens is 283 g/mol. The van der Waals surface area contributed by atoms with Gasteiger partial charge in [0.2, 0.25) is 5.91 Å². The molecule has 1 aromatic rings. The zero-order chi connectivity index (χ0) is 13.7. The van der Waals surface area contributed by atoms with Crippen molar-refractivity contribution >= 4 is 18.3 Å². The molecule has 1 heterocycles. The molecular formula is C14H20ClFN2O2. The van der Waals surface area contributed by atoms with Crippen molar-refractivity contribution in [2.45, 2.75) is 31.4 Å². The van der Waals surface area contributed by atoms with Crippen LogP contribution in [0.1, 0.15) is 30.9 Å². The number of rotatable bonds is 4. The molecule has 2 rings (SSSR count). The van der Waals surface area contributed by atoms with Crippen LogP contribution in [0.2, 0.25) is 0 Å².